The lowest BCUT2D eigenvalue weighted by atomic mass is 10.1. The Balaban J connectivity index is 1.89. The SMILES string of the molecule is CC(=O)c1cc(C)ccc1OCCN1CCOCC1. The number of hydrogen-bond acceptors (Lipinski definition) is 4. The van der Waals surface area contributed by atoms with Crippen LogP contribution >= 0.6 is 0 Å². The fourth-order valence-corrected chi connectivity index (χ4v) is 2.15. The molecule has 1 aliphatic rings. The fraction of sp³-hybridized carbons (Fsp3) is 0.533. The molecule has 1 aromatic carbocycles. The van der Waals surface area contributed by atoms with Crippen LogP contribution < -0.4 is 4.74 Å². The number of benzene rings is 1. The van der Waals surface area contributed by atoms with Gasteiger partial charge in [-0.2, -0.15) is 0 Å². The maximum Gasteiger partial charge on any atom is 0.163 e. The van der Waals surface area contributed by atoms with Crippen molar-refractivity contribution in [2.45, 2.75) is 13.8 Å². The molecule has 0 bridgehead atoms. The number of ether oxygens (including phenoxy) is 2. The average molecular weight is 263 g/mol. The van der Waals surface area contributed by atoms with E-state index in [1.54, 1.807) is 6.92 Å². The highest BCUT2D eigenvalue weighted by molar-refractivity contribution is 5.97. The van der Waals surface area contributed by atoms with Crippen molar-refractivity contribution in [2.75, 3.05) is 39.5 Å². The number of hydrogen-bond donors (Lipinski definition) is 0. The summed E-state index contributed by atoms with van der Waals surface area (Å²) in [4.78, 5) is 13.9. The molecule has 0 atom stereocenters. The third-order valence-corrected chi connectivity index (χ3v) is 3.28. The second kappa shape index (κ2) is 6.68. The van der Waals surface area contributed by atoms with Gasteiger partial charge in [-0.3, -0.25) is 9.69 Å². The maximum atomic E-state index is 11.6. The number of ketones is 1. The molecule has 1 saturated heterocycles. The van der Waals surface area contributed by atoms with Crippen LogP contribution in [0, 0.1) is 6.92 Å². The third kappa shape index (κ3) is 4.04. The van der Waals surface area contributed by atoms with Crippen molar-refractivity contribution in [1.29, 1.82) is 0 Å². The summed E-state index contributed by atoms with van der Waals surface area (Å²) in [5.74, 6) is 0.733. The van der Waals surface area contributed by atoms with Gasteiger partial charge in [0.25, 0.3) is 0 Å². The normalized spacial score (nSPS) is 16.3. The van der Waals surface area contributed by atoms with Crippen molar-refractivity contribution in [3.63, 3.8) is 0 Å². The van der Waals surface area contributed by atoms with Gasteiger partial charge in [0.05, 0.1) is 18.8 Å². The van der Waals surface area contributed by atoms with Gasteiger partial charge in [-0.25, -0.2) is 0 Å². The van der Waals surface area contributed by atoms with Gasteiger partial charge in [-0.05, 0) is 26.0 Å². The van der Waals surface area contributed by atoms with Crippen molar-refractivity contribution in [1.82, 2.24) is 4.90 Å². The highest BCUT2D eigenvalue weighted by Gasteiger charge is 2.12. The molecule has 1 fully saturated rings. The topological polar surface area (TPSA) is 38.8 Å². The first-order valence-corrected chi connectivity index (χ1v) is 6.71. The molecule has 1 aromatic rings. The van der Waals surface area contributed by atoms with Crippen LogP contribution in [0.25, 0.3) is 0 Å². The van der Waals surface area contributed by atoms with Gasteiger partial charge in [0.15, 0.2) is 5.78 Å². The van der Waals surface area contributed by atoms with Crippen LogP contribution in [0.15, 0.2) is 18.2 Å². The van der Waals surface area contributed by atoms with Crippen LogP contribution in [0.2, 0.25) is 0 Å². The predicted octanol–water partition coefficient (Wildman–Crippen LogP) is 1.91. The van der Waals surface area contributed by atoms with E-state index < -0.39 is 0 Å². The van der Waals surface area contributed by atoms with Crippen LogP contribution in [0.4, 0.5) is 0 Å². The Morgan fingerprint density at radius 3 is 2.79 bits per heavy atom. The molecule has 0 unspecified atom stereocenters. The number of nitrogens with zero attached hydrogens (tertiary/aromatic N) is 1. The molecule has 4 nitrogen and oxygen atoms in total. The summed E-state index contributed by atoms with van der Waals surface area (Å²) in [6.45, 7) is 8.52. The molecular formula is C15H21NO3. The minimum absolute atomic E-state index is 0.0464. The van der Waals surface area contributed by atoms with E-state index in [1.807, 2.05) is 25.1 Å². The molecular weight excluding hydrogens is 242 g/mol. The van der Waals surface area contributed by atoms with Crippen molar-refractivity contribution in [3.05, 3.63) is 29.3 Å². The fourth-order valence-electron chi connectivity index (χ4n) is 2.15. The largest absolute Gasteiger partial charge is 0.491 e. The minimum Gasteiger partial charge on any atom is -0.491 e. The molecule has 1 aliphatic heterocycles. The van der Waals surface area contributed by atoms with Gasteiger partial charge in [0.1, 0.15) is 12.4 Å². The standard InChI is InChI=1S/C15H21NO3/c1-12-3-4-15(14(11-12)13(2)17)19-10-7-16-5-8-18-9-6-16/h3-4,11H,5-10H2,1-2H3. The van der Waals surface area contributed by atoms with Gasteiger partial charge < -0.3 is 9.47 Å². The Labute approximate surface area is 114 Å². The molecule has 104 valence electrons. The Kier molecular flexibility index (Phi) is 4.93. The summed E-state index contributed by atoms with van der Waals surface area (Å²) in [7, 11) is 0. The van der Waals surface area contributed by atoms with Gasteiger partial charge >= 0.3 is 0 Å². The van der Waals surface area contributed by atoms with E-state index in [1.165, 1.54) is 0 Å². The van der Waals surface area contributed by atoms with Gasteiger partial charge in [-0.1, -0.05) is 11.6 Å². The molecule has 0 saturated carbocycles. The molecule has 19 heavy (non-hydrogen) atoms. The van der Waals surface area contributed by atoms with E-state index in [-0.39, 0.29) is 5.78 Å². The number of Topliss-reactive ketones (excluding diaryl/α,β-unsaturated/α-hetero) is 1. The van der Waals surface area contributed by atoms with Crippen LogP contribution in [-0.2, 0) is 4.74 Å². The number of carbonyl (C=O) groups excluding carboxylic acids is 1. The van der Waals surface area contributed by atoms with Crippen molar-refractivity contribution in [3.8, 4) is 5.75 Å². The average Bonchev–Trinajstić information content (AvgIpc) is 2.41. The minimum atomic E-state index is 0.0464. The molecule has 0 spiro atoms. The summed E-state index contributed by atoms with van der Waals surface area (Å²) in [6, 6.07) is 5.73. The lowest BCUT2D eigenvalue weighted by Crippen LogP contribution is -2.38. The van der Waals surface area contributed by atoms with E-state index in [2.05, 4.69) is 4.90 Å². The zero-order chi connectivity index (χ0) is 13.7. The van der Waals surface area contributed by atoms with E-state index in [9.17, 15) is 4.79 Å². The van der Waals surface area contributed by atoms with Crippen molar-refractivity contribution < 1.29 is 14.3 Å². The first kappa shape index (κ1) is 14.0. The summed E-state index contributed by atoms with van der Waals surface area (Å²) in [5.41, 5.74) is 1.74. The van der Waals surface area contributed by atoms with Crippen molar-refractivity contribution in [2.24, 2.45) is 0 Å². The Bertz CT molecular complexity index is 439. The highest BCUT2D eigenvalue weighted by atomic mass is 16.5. The molecule has 0 aromatic heterocycles. The highest BCUT2D eigenvalue weighted by Crippen LogP contribution is 2.20. The van der Waals surface area contributed by atoms with Crippen LogP contribution in [0.3, 0.4) is 0 Å². The molecule has 2 rings (SSSR count). The molecule has 0 aliphatic carbocycles. The van der Waals surface area contributed by atoms with Crippen LogP contribution in [0.5, 0.6) is 5.75 Å². The van der Waals surface area contributed by atoms with E-state index in [0.717, 1.165) is 38.4 Å². The lowest BCUT2D eigenvalue weighted by Gasteiger charge is -2.26. The number of carbonyl (C=O) groups is 1. The quantitative estimate of drug-likeness (QED) is 0.761. The first-order valence-electron chi connectivity index (χ1n) is 6.71. The number of morpholine rings is 1. The summed E-state index contributed by atoms with van der Waals surface area (Å²) in [5, 5.41) is 0. The molecule has 0 amide bonds. The Hall–Kier alpha value is -1.39. The number of rotatable bonds is 5. The summed E-state index contributed by atoms with van der Waals surface area (Å²) >= 11 is 0. The van der Waals surface area contributed by atoms with Crippen LogP contribution in [-0.4, -0.2) is 50.1 Å². The number of aryl methyl sites for hydroxylation is 1. The predicted molar refractivity (Wildman–Crippen MR) is 73.9 cm³/mol. The second-order valence-corrected chi connectivity index (χ2v) is 4.86. The molecule has 4 heteroatoms. The Morgan fingerprint density at radius 2 is 2.11 bits per heavy atom. The summed E-state index contributed by atoms with van der Waals surface area (Å²) in [6.07, 6.45) is 0. The Morgan fingerprint density at radius 1 is 1.37 bits per heavy atom. The van der Waals surface area contributed by atoms with Crippen LogP contribution in [0.1, 0.15) is 22.8 Å². The van der Waals surface area contributed by atoms with Gasteiger partial charge in [0, 0.05) is 19.6 Å². The second-order valence-electron chi connectivity index (χ2n) is 4.86. The lowest BCUT2D eigenvalue weighted by molar-refractivity contribution is 0.0322. The van der Waals surface area contributed by atoms with E-state index in [4.69, 9.17) is 9.47 Å². The van der Waals surface area contributed by atoms with Gasteiger partial charge in [-0.15, -0.1) is 0 Å². The van der Waals surface area contributed by atoms with Crippen molar-refractivity contribution >= 4 is 5.78 Å². The maximum absolute atomic E-state index is 11.6. The van der Waals surface area contributed by atoms with E-state index in [0.29, 0.717) is 17.9 Å². The smallest absolute Gasteiger partial charge is 0.163 e. The zero-order valence-electron chi connectivity index (χ0n) is 11.6. The first-order chi connectivity index (χ1) is 9.16. The molecule has 0 radical (unpaired) electrons. The zero-order valence-corrected chi connectivity index (χ0v) is 11.6. The third-order valence-electron chi connectivity index (χ3n) is 3.28. The van der Waals surface area contributed by atoms with E-state index >= 15 is 0 Å². The van der Waals surface area contributed by atoms with Gasteiger partial charge in [0.2, 0.25) is 0 Å². The monoisotopic (exact) mass is 263 g/mol. The molecule has 1 heterocycles. The molecule has 0 N–H and O–H groups in total. The summed E-state index contributed by atoms with van der Waals surface area (Å²) < 4.78 is 11.1.